The first-order valence-corrected chi connectivity index (χ1v) is 9.26. The summed E-state index contributed by atoms with van der Waals surface area (Å²) in [4.78, 5) is 4.69. The number of nitrogens with one attached hydrogen (secondary N) is 2. The Morgan fingerprint density at radius 1 is 1.25 bits per heavy atom. The number of aliphatic imine (C=N–C) groups is 1. The lowest BCUT2D eigenvalue weighted by Crippen LogP contribution is -2.41. The monoisotopic (exact) mass is 501 g/mol. The van der Waals surface area contributed by atoms with Gasteiger partial charge in [0.1, 0.15) is 17.6 Å². The van der Waals surface area contributed by atoms with Crippen LogP contribution >= 0.6 is 24.0 Å². The van der Waals surface area contributed by atoms with Crippen LogP contribution in [0.15, 0.2) is 29.3 Å². The highest BCUT2D eigenvalue weighted by Gasteiger charge is 2.10. The van der Waals surface area contributed by atoms with Gasteiger partial charge < -0.3 is 20.1 Å². The average molecular weight is 501 g/mol. The van der Waals surface area contributed by atoms with Crippen LogP contribution in [0.4, 0.5) is 0 Å². The largest absolute Gasteiger partial charge is 0.497 e. The lowest BCUT2D eigenvalue weighted by atomic mass is 10.2. The molecule has 1 atom stereocenters. The molecule has 0 saturated heterocycles. The van der Waals surface area contributed by atoms with Gasteiger partial charge in [-0.25, -0.2) is 4.99 Å². The van der Waals surface area contributed by atoms with Gasteiger partial charge in [0.2, 0.25) is 0 Å². The van der Waals surface area contributed by atoms with E-state index >= 15 is 0 Å². The number of hydrogen-bond donors (Lipinski definition) is 2. The van der Waals surface area contributed by atoms with Crippen molar-refractivity contribution in [2.24, 2.45) is 12.0 Å². The van der Waals surface area contributed by atoms with Crippen molar-refractivity contribution >= 4 is 29.9 Å². The summed E-state index contributed by atoms with van der Waals surface area (Å²) in [5, 5.41) is 11.1. The van der Waals surface area contributed by atoms with Crippen LogP contribution in [0, 0.1) is 13.8 Å². The standard InChI is InChI=1S/C20H31N5O2.HI/c1-7-21-20(23-13-19-15(3)24-25(5)16(19)4)22-12-14(2)27-18-10-8-9-17(11-18)26-6;/h8-11,14H,7,12-13H2,1-6H3,(H2,21,22,23);1H. The maximum Gasteiger partial charge on any atom is 0.191 e. The minimum atomic E-state index is -0.0252. The first-order valence-electron chi connectivity index (χ1n) is 9.26. The van der Waals surface area contributed by atoms with Crippen molar-refractivity contribution in [3.63, 3.8) is 0 Å². The van der Waals surface area contributed by atoms with Crippen LogP contribution in [0.25, 0.3) is 0 Å². The van der Waals surface area contributed by atoms with E-state index in [0.717, 1.165) is 41.0 Å². The first-order chi connectivity index (χ1) is 12.9. The summed E-state index contributed by atoms with van der Waals surface area (Å²) in [5.41, 5.74) is 3.32. The van der Waals surface area contributed by atoms with Crippen LogP contribution in [0.1, 0.15) is 30.8 Å². The van der Waals surface area contributed by atoms with E-state index in [4.69, 9.17) is 14.5 Å². The number of guanidine groups is 1. The van der Waals surface area contributed by atoms with Crippen LogP contribution in [0.2, 0.25) is 0 Å². The molecular formula is C20H32IN5O2. The molecule has 1 aromatic carbocycles. The van der Waals surface area contributed by atoms with Gasteiger partial charge in [0.25, 0.3) is 0 Å². The smallest absolute Gasteiger partial charge is 0.191 e. The Balaban J connectivity index is 0.00000392. The summed E-state index contributed by atoms with van der Waals surface area (Å²) in [6.45, 7) is 10.2. The fraction of sp³-hybridized carbons (Fsp3) is 0.500. The van der Waals surface area contributed by atoms with Crippen molar-refractivity contribution in [2.45, 2.75) is 40.3 Å². The SMILES string of the molecule is CCNC(=NCc1c(C)nn(C)c1C)NCC(C)Oc1cccc(OC)c1.I. The highest BCUT2D eigenvalue weighted by molar-refractivity contribution is 14.0. The third-order valence-corrected chi connectivity index (χ3v) is 4.33. The molecule has 0 amide bonds. The average Bonchev–Trinajstić information content (AvgIpc) is 2.89. The molecule has 2 N–H and O–H groups in total. The number of ether oxygens (including phenoxy) is 2. The molecule has 28 heavy (non-hydrogen) atoms. The van der Waals surface area contributed by atoms with E-state index in [9.17, 15) is 0 Å². The minimum absolute atomic E-state index is 0. The summed E-state index contributed by atoms with van der Waals surface area (Å²) in [7, 11) is 3.60. The second-order valence-corrected chi connectivity index (χ2v) is 6.46. The van der Waals surface area contributed by atoms with Crippen molar-refractivity contribution < 1.29 is 9.47 Å². The Kier molecular flexibility index (Phi) is 10.1. The van der Waals surface area contributed by atoms with Gasteiger partial charge in [-0.05, 0) is 39.8 Å². The van der Waals surface area contributed by atoms with Gasteiger partial charge in [-0.3, -0.25) is 4.68 Å². The van der Waals surface area contributed by atoms with Crippen molar-refractivity contribution in [1.29, 1.82) is 0 Å². The normalized spacial score (nSPS) is 12.1. The van der Waals surface area contributed by atoms with Crippen LogP contribution in [-0.2, 0) is 13.6 Å². The van der Waals surface area contributed by atoms with Crippen LogP contribution < -0.4 is 20.1 Å². The van der Waals surface area contributed by atoms with Gasteiger partial charge in [-0.15, -0.1) is 24.0 Å². The molecule has 0 fully saturated rings. The molecule has 1 heterocycles. The van der Waals surface area contributed by atoms with Crippen LogP contribution in [-0.4, -0.2) is 42.0 Å². The van der Waals surface area contributed by atoms with E-state index in [1.807, 2.05) is 56.8 Å². The molecule has 1 unspecified atom stereocenters. The second-order valence-electron chi connectivity index (χ2n) is 6.46. The van der Waals surface area contributed by atoms with Gasteiger partial charge in [-0.2, -0.15) is 5.10 Å². The highest BCUT2D eigenvalue weighted by atomic mass is 127. The zero-order valence-electron chi connectivity index (χ0n) is 17.6. The quantitative estimate of drug-likeness (QED) is 0.330. The highest BCUT2D eigenvalue weighted by Crippen LogP contribution is 2.19. The molecule has 1 aromatic heterocycles. The summed E-state index contributed by atoms with van der Waals surface area (Å²) < 4.78 is 13.1. The Bertz CT molecular complexity index is 776. The number of aromatic nitrogens is 2. The predicted molar refractivity (Wildman–Crippen MR) is 124 cm³/mol. The van der Waals surface area contributed by atoms with E-state index in [-0.39, 0.29) is 30.1 Å². The maximum atomic E-state index is 5.95. The molecule has 156 valence electrons. The zero-order chi connectivity index (χ0) is 19.8. The number of benzene rings is 1. The molecule has 0 aliphatic carbocycles. The molecule has 0 bridgehead atoms. The first kappa shape index (κ1) is 24.1. The van der Waals surface area contributed by atoms with Crippen LogP contribution in [0.5, 0.6) is 11.5 Å². The van der Waals surface area contributed by atoms with E-state index in [2.05, 4.69) is 22.7 Å². The fourth-order valence-electron chi connectivity index (χ4n) is 2.74. The maximum absolute atomic E-state index is 5.95. The Morgan fingerprint density at radius 3 is 2.57 bits per heavy atom. The Morgan fingerprint density at radius 2 is 1.96 bits per heavy atom. The van der Waals surface area contributed by atoms with E-state index in [1.54, 1.807) is 7.11 Å². The Hall–Kier alpha value is -1.97. The van der Waals surface area contributed by atoms with Crippen molar-refractivity contribution in [1.82, 2.24) is 20.4 Å². The summed E-state index contributed by atoms with van der Waals surface area (Å²) in [6.07, 6.45) is -0.0252. The third-order valence-electron chi connectivity index (χ3n) is 4.33. The molecule has 8 heteroatoms. The Labute approximate surface area is 184 Å². The summed E-state index contributed by atoms with van der Waals surface area (Å²) in [5.74, 6) is 2.33. The molecular weight excluding hydrogens is 469 g/mol. The molecule has 0 aliphatic rings. The fourth-order valence-corrected chi connectivity index (χ4v) is 2.74. The lowest BCUT2D eigenvalue weighted by Gasteiger charge is -2.18. The molecule has 7 nitrogen and oxygen atoms in total. The summed E-state index contributed by atoms with van der Waals surface area (Å²) in [6, 6.07) is 7.61. The second kappa shape index (κ2) is 11.8. The van der Waals surface area contributed by atoms with Gasteiger partial charge >= 0.3 is 0 Å². The molecule has 0 radical (unpaired) electrons. The van der Waals surface area contributed by atoms with Gasteiger partial charge in [-0.1, -0.05) is 6.07 Å². The predicted octanol–water partition coefficient (Wildman–Crippen LogP) is 3.19. The van der Waals surface area contributed by atoms with Crippen LogP contribution in [0.3, 0.4) is 0 Å². The van der Waals surface area contributed by atoms with Gasteiger partial charge in [0, 0.05) is 30.9 Å². The topological polar surface area (TPSA) is 72.7 Å². The molecule has 0 spiro atoms. The van der Waals surface area contributed by atoms with Gasteiger partial charge in [0.05, 0.1) is 25.9 Å². The lowest BCUT2D eigenvalue weighted by molar-refractivity contribution is 0.223. The zero-order valence-corrected chi connectivity index (χ0v) is 19.9. The molecule has 0 aliphatic heterocycles. The number of methoxy groups -OCH3 is 1. The third kappa shape index (κ3) is 6.88. The van der Waals surface area contributed by atoms with E-state index in [1.165, 1.54) is 0 Å². The molecule has 2 rings (SSSR count). The number of halogens is 1. The molecule has 0 saturated carbocycles. The molecule has 2 aromatic rings. The number of hydrogen-bond acceptors (Lipinski definition) is 4. The number of nitrogens with zero attached hydrogens (tertiary/aromatic N) is 3. The van der Waals surface area contributed by atoms with Crippen molar-refractivity contribution in [3.05, 3.63) is 41.2 Å². The van der Waals surface area contributed by atoms with Crippen molar-refractivity contribution in [2.75, 3.05) is 20.2 Å². The van der Waals surface area contributed by atoms with Crippen molar-refractivity contribution in [3.8, 4) is 11.5 Å². The minimum Gasteiger partial charge on any atom is -0.497 e. The summed E-state index contributed by atoms with van der Waals surface area (Å²) >= 11 is 0. The number of aryl methyl sites for hydroxylation is 2. The van der Waals surface area contributed by atoms with E-state index < -0.39 is 0 Å². The van der Waals surface area contributed by atoms with Gasteiger partial charge in [0.15, 0.2) is 5.96 Å². The number of rotatable bonds is 8. The van der Waals surface area contributed by atoms with E-state index in [0.29, 0.717) is 13.1 Å².